The molecule has 1 aliphatic rings. The summed E-state index contributed by atoms with van der Waals surface area (Å²) >= 11 is 0. The van der Waals surface area contributed by atoms with Crippen LogP contribution >= 0.6 is 0 Å². The minimum absolute atomic E-state index is 0.259. The van der Waals surface area contributed by atoms with Crippen LogP contribution in [0.25, 0.3) is 0 Å². The maximum absolute atomic E-state index is 10.8. The van der Waals surface area contributed by atoms with E-state index in [0.29, 0.717) is 6.42 Å². The van der Waals surface area contributed by atoms with E-state index < -0.39 is 23.8 Å². The summed E-state index contributed by atoms with van der Waals surface area (Å²) in [5, 5.41) is 10.0. The van der Waals surface area contributed by atoms with Crippen molar-refractivity contribution >= 4 is 11.9 Å². The van der Waals surface area contributed by atoms with Crippen LogP contribution in [-0.2, 0) is 23.8 Å². The molecule has 0 aliphatic carbocycles. The van der Waals surface area contributed by atoms with Gasteiger partial charge in [-0.05, 0) is 6.92 Å². The van der Waals surface area contributed by atoms with Crippen LogP contribution in [0.3, 0.4) is 0 Å². The van der Waals surface area contributed by atoms with E-state index in [1.54, 1.807) is 6.92 Å². The molecule has 1 heterocycles. The quantitative estimate of drug-likeness (QED) is 0.688. The van der Waals surface area contributed by atoms with Gasteiger partial charge in [0.05, 0.1) is 6.10 Å². The predicted molar refractivity (Wildman–Crippen MR) is 52.3 cm³/mol. The molecule has 0 spiro atoms. The third kappa shape index (κ3) is 3.18. The third-order valence-electron chi connectivity index (χ3n) is 2.24. The smallest absolute Gasteiger partial charge is 0.303 e. The first-order chi connectivity index (χ1) is 7.33. The number of esters is 2. The van der Waals surface area contributed by atoms with Crippen molar-refractivity contribution in [1.82, 2.24) is 0 Å². The van der Waals surface area contributed by atoms with E-state index in [-0.39, 0.29) is 12.7 Å². The van der Waals surface area contributed by atoms with Crippen molar-refractivity contribution in [3.8, 4) is 0 Å². The second kappa shape index (κ2) is 4.80. The molecule has 0 bridgehead atoms. The van der Waals surface area contributed by atoms with Crippen LogP contribution in [0.2, 0.25) is 0 Å². The Balaban J connectivity index is 2.65. The summed E-state index contributed by atoms with van der Waals surface area (Å²) < 4.78 is 14.8. The summed E-state index contributed by atoms with van der Waals surface area (Å²) in [6, 6.07) is 0. The number of carbonyl (C=O) groups excluding carboxylic acids is 2. The zero-order valence-electron chi connectivity index (χ0n) is 9.56. The van der Waals surface area contributed by atoms with Crippen molar-refractivity contribution in [1.29, 1.82) is 0 Å². The fraction of sp³-hybridized carbons (Fsp3) is 0.800. The van der Waals surface area contributed by atoms with Gasteiger partial charge in [-0.15, -0.1) is 0 Å². The van der Waals surface area contributed by atoms with Crippen LogP contribution in [0.1, 0.15) is 27.2 Å². The number of hydrogen-bond donors (Lipinski definition) is 1. The van der Waals surface area contributed by atoms with E-state index in [1.165, 1.54) is 13.8 Å². The fourth-order valence-electron chi connectivity index (χ4n) is 1.63. The van der Waals surface area contributed by atoms with Gasteiger partial charge >= 0.3 is 11.9 Å². The Labute approximate surface area is 93.5 Å². The molecule has 0 aromatic heterocycles. The van der Waals surface area contributed by atoms with Crippen LogP contribution in [0.15, 0.2) is 0 Å². The highest BCUT2D eigenvalue weighted by Crippen LogP contribution is 2.31. The molecule has 0 aromatic rings. The molecule has 0 amide bonds. The van der Waals surface area contributed by atoms with Crippen molar-refractivity contribution in [2.24, 2.45) is 0 Å². The lowest BCUT2D eigenvalue weighted by atomic mass is 10.1. The molecule has 0 unspecified atom stereocenters. The molecule has 1 saturated heterocycles. The van der Waals surface area contributed by atoms with Crippen molar-refractivity contribution in [3.63, 3.8) is 0 Å². The molecule has 1 N–H and O–H groups in total. The molecule has 92 valence electrons. The molecular formula is C10H16O6. The fourth-order valence-corrected chi connectivity index (χ4v) is 1.63. The topological polar surface area (TPSA) is 82.1 Å². The third-order valence-corrected chi connectivity index (χ3v) is 2.24. The van der Waals surface area contributed by atoms with Gasteiger partial charge in [0.15, 0.2) is 6.10 Å². The minimum atomic E-state index is -1.74. The first-order valence-corrected chi connectivity index (χ1v) is 5.04. The van der Waals surface area contributed by atoms with E-state index in [2.05, 4.69) is 4.74 Å². The minimum Gasteiger partial charge on any atom is -0.460 e. The Morgan fingerprint density at radius 1 is 1.44 bits per heavy atom. The zero-order chi connectivity index (χ0) is 12.3. The van der Waals surface area contributed by atoms with Gasteiger partial charge in [-0.1, -0.05) is 0 Å². The lowest BCUT2D eigenvalue weighted by Gasteiger charge is -2.27. The van der Waals surface area contributed by atoms with Gasteiger partial charge in [0.1, 0.15) is 6.61 Å². The number of aliphatic hydroxyl groups is 1. The highest BCUT2D eigenvalue weighted by atomic mass is 16.7. The van der Waals surface area contributed by atoms with Crippen molar-refractivity contribution < 1.29 is 28.9 Å². The molecule has 6 nitrogen and oxygen atoms in total. The Hall–Kier alpha value is -1.14. The largest absolute Gasteiger partial charge is 0.460 e. The first kappa shape index (κ1) is 12.9. The van der Waals surface area contributed by atoms with Crippen LogP contribution < -0.4 is 0 Å². The van der Waals surface area contributed by atoms with Crippen molar-refractivity contribution in [3.05, 3.63) is 0 Å². The molecule has 1 aliphatic heterocycles. The maximum Gasteiger partial charge on any atom is 0.303 e. The predicted octanol–water partition coefficient (Wildman–Crippen LogP) is -0.0214. The maximum atomic E-state index is 10.8. The summed E-state index contributed by atoms with van der Waals surface area (Å²) in [5.74, 6) is -2.78. The average molecular weight is 232 g/mol. The summed E-state index contributed by atoms with van der Waals surface area (Å²) in [6.45, 7) is 3.87. The van der Waals surface area contributed by atoms with Gasteiger partial charge in [0.2, 0.25) is 5.79 Å². The zero-order valence-corrected chi connectivity index (χ0v) is 9.56. The second-order valence-electron chi connectivity index (χ2n) is 3.89. The SMILES string of the molecule is CC(=O)OC[C@@]1(O)O[C@@H](C)C[C@H]1OC(C)=O. The number of carbonyl (C=O) groups is 2. The van der Waals surface area contributed by atoms with Crippen LogP contribution in [-0.4, -0.2) is 41.6 Å². The van der Waals surface area contributed by atoms with Crippen LogP contribution in [0, 0.1) is 0 Å². The molecule has 3 atom stereocenters. The number of ether oxygens (including phenoxy) is 3. The van der Waals surface area contributed by atoms with Crippen molar-refractivity contribution in [2.45, 2.75) is 45.2 Å². The lowest BCUT2D eigenvalue weighted by molar-refractivity contribution is -0.252. The Bertz CT molecular complexity index is 289. The van der Waals surface area contributed by atoms with Gasteiger partial charge in [-0.3, -0.25) is 9.59 Å². The van der Waals surface area contributed by atoms with Gasteiger partial charge in [-0.2, -0.15) is 0 Å². The van der Waals surface area contributed by atoms with E-state index in [1.807, 2.05) is 0 Å². The Morgan fingerprint density at radius 3 is 2.56 bits per heavy atom. The molecule has 0 radical (unpaired) electrons. The monoisotopic (exact) mass is 232 g/mol. The summed E-state index contributed by atoms with van der Waals surface area (Å²) in [6.07, 6.45) is -0.693. The van der Waals surface area contributed by atoms with Gasteiger partial charge in [0.25, 0.3) is 0 Å². The molecule has 16 heavy (non-hydrogen) atoms. The summed E-state index contributed by atoms with van der Waals surface area (Å²) in [7, 11) is 0. The average Bonchev–Trinajstić information content (AvgIpc) is 2.38. The molecular weight excluding hydrogens is 216 g/mol. The van der Waals surface area contributed by atoms with Gasteiger partial charge in [0, 0.05) is 20.3 Å². The van der Waals surface area contributed by atoms with Gasteiger partial charge in [-0.25, -0.2) is 0 Å². The van der Waals surface area contributed by atoms with Crippen LogP contribution in [0.5, 0.6) is 0 Å². The molecule has 1 fully saturated rings. The highest BCUT2D eigenvalue weighted by Gasteiger charge is 2.49. The van der Waals surface area contributed by atoms with Crippen LogP contribution in [0.4, 0.5) is 0 Å². The van der Waals surface area contributed by atoms with Gasteiger partial charge < -0.3 is 19.3 Å². The normalized spacial score (nSPS) is 33.5. The van der Waals surface area contributed by atoms with E-state index >= 15 is 0 Å². The summed E-state index contributed by atoms with van der Waals surface area (Å²) in [5.41, 5.74) is 0. The first-order valence-electron chi connectivity index (χ1n) is 5.04. The lowest BCUT2D eigenvalue weighted by Crippen LogP contribution is -2.46. The van der Waals surface area contributed by atoms with E-state index in [9.17, 15) is 14.7 Å². The Kier molecular flexibility index (Phi) is 3.88. The molecule has 1 rings (SSSR count). The number of rotatable bonds is 3. The molecule has 6 heteroatoms. The van der Waals surface area contributed by atoms with Crippen molar-refractivity contribution in [2.75, 3.05) is 6.61 Å². The highest BCUT2D eigenvalue weighted by molar-refractivity contribution is 5.66. The van der Waals surface area contributed by atoms with E-state index in [4.69, 9.17) is 9.47 Å². The Morgan fingerprint density at radius 2 is 2.06 bits per heavy atom. The molecule has 0 aromatic carbocycles. The standard InChI is InChI=1S/C10H16O6/c1-6-4-9(15-8(3)12)10(13,16-6)5-14-7(2)11/h6,9,13H,4-5H2,1-3H3/t6-,9+,10+/m0/s1. The van der Waals surface area contributed by atoms with E-state index in [0.717, 1.165) is 0 Å². The summed E-state index contributed by atoms with van der Waals surface area (Å²) in [4.78, 5) is 21.5. The number of hydrogen-bond acceptors (Lipinski definition) is 6. The molecule has 0 saturated carbocycles. The second-order valence-corrected chi connectivity index (χ2v) is 3.89.